The first-order valence-electron chi connectivity index (χ1n) is 3.52. The van der Waals surface area contributed by atoms with Crippen molar-refractivity contribution in [2.75, 3.05) is 13.2 Å². The third kappa shape index (κ3) is 1.67. The molecular formula is C8H12O2. The van der Waals surface area contributed by atoms with Gasteiger partial charge in [0, 0.05) is 5.57 Å². The van der Waals surface area contributed by atoms with Crippen molar-refractivity contribution in [3.8, 4) is 0 Å². The second-order valence-corrected chi connectivity index (χ2v) is 2.85. The molecule has 1 fully saturated rings. The molecule has 56 valence electrons. The van der Waals surface area contributed by atoms with E-state index in [1.165, 1.54) is 0 Å². The third-order valence-corrected chi connectivity index (χ3v) is 1.38. The van der Waals surface area contributed by atoms with E-state index in [1.807, 2.05) is 6.08 Å². The number of carbonyl (C=O) groups is 1. The van der Waals surface area contributed by atoms with E-state index in [0.717, 1.165) is 5.57 Å². The van der Waals surface area contributed by atoms with Gasteiger partial charge in [0.1, 0.15) is 6.61 Å². The molecule has 1 aliphatic heterocycles. The van der Waals surface area contributed by atoms with E-state index in [2.05, 4.69) is 13.8 Å². The minimum Gasteiger partial charge on any atom is -0.369 e. The van der Waals surface area contributed by atoms with Crippen LogP contribution in [-0.2, 0) is 9.53 Å². The third-order valence-electron chi connectivity index (χ3n) is 1.38. The molecule has 0 aliphatic carbocycles. The van der Waals surface area contributed by atoms with Gasteiger partial charge in [-0.3, -0.25) is 4.79 Å². The summed E-state index contributed by atoms with van der Waals surface area (Å²) in [7, 11) is 0. The van der Waals surface area contributed by atoms with E-state index in [4.69, 9.17) is 4.74 Å². The number of Topliss-reactive ketones (excluding diaryl/α,β-unsaturated/α-hetero) is 1. The predicted octanol–water partition coefficient (Wildman–Crippen LogP) is 1.17. The number of ether oxygens (including phenoxy) is 1. The van der Waals surface area contributed by atoms with Gasteiger partial charge < -0.3 is 4.74 Å². The molecule has 2 nitrogen and oxygen atoms in total. The Hall–Kier alpha value is -0.630. The lowest BCUT2D eigenvalue weighted by Crippen LogP contribution is -1.99. The van der Waals surface area contributed by atoms with Crippen LogP contribution in [0.5, 0.6) is 0 Å². The molecule has 0 atom stereocenters. The topological polar surface area (TPSA) is 26.3 Å². The molecule has 1 saturated heterocycles. The predicted molar refractivity (Wildman–Crippen MR) is 38.7 cm³/mol. The normalized spacial score (nSPS) is 23.1. The summed E-state index contributed by atoms with van der Waals surface area (Å²) in [5, 5.41) is 0. The van der Waals surface area contributed by atoms with Crippen molar-refractivity contribution in [1.82, 2.24) is 0 Å². The SMILES string of the molecule is CC(C)C=C1COCC1=O. The fourth-order valence-electron chi connectivity index (χ4n) is 0.970. The van der Waals surface area contributed by atoms with E-state index in [1.54, 1.807) is 0 Å². The highest BCUT2D eigenvalue weighted by Gasteiger charge is 2.16. The summed E-state index contributed by atoms with van der Waals surface area (Å²) >= 11 is 0. The zero-order valence-corrected chi connectivity index (χ0v) is 6.39. The summed E-state index contributed by atoms with van der Waals surface area (Å²) in [6, 6.07) is 0. The number of allylic oxidation sites excluding steroid dienone is 1. The molecule has 0 saturated carbocycles. The van der Waals surface area contributed by atoms with Crippen LogP contribution in [0.25, 0.3) is 0 Å². The average molecular weight is 140 g/mol. The van der Waals surface area contributed by atoms with Crippen molar-refractivity contribution in [3.05, 3.63) is 11.6 Å². The summed E-state index contributed by atoms with van der Waals surface area (Å²) < 4.78 is 4.95. The fraction of sp³-hybridized carbons (Fsp3) is 0.625. The van der Waals surface area contributed by atoms with Crippen LogP contribution >= 0.6 is 0 Å². The van der Waals surface area contributed by atoms with Crippen LogP contribution in [-0.4, -0.2) is 19.0 Å². The Bertz CT molecular complexity index is 168. The van der Waals surface area contributed by atoms with Crippen molar-refractivity contribution in [3.63, 3.8) is 0 Å². The molecule has 10 heavy (non-hydrogen) atoms. The molecular weight excluding hydrogens is 128 g/mol. The number of hydrogen-bond acceptors (Lipinski definition) is 2. The van der Waals surface area contributed by atoms with Crippen molar-refractivity contribution < 1.29 is 9.53 Å². The molecule has 1 aliphatic rings. The van der Waals surface area contributed by atoms with Gasteiger partial charge in [0.15, 0.2) is 5.78 Å². The molecule has 1 heterocycles. The van der Waals surface area contributed by atoms with Gasteiger partial charge in [0.25, 0.3) is 0 Å². The van der Waals surface area contributed by atoms with E-state index in [-0.39, 0.29) is 12.4 Å². The van der Waals surface area contributed by atoms with E-state index >= 15 is 0 Å². The van der Waals surface area contributed by atoms with Gasteiger partial charge in [-0.05, 0) is 5.92 Å². The monoisotopic (exact) mass is 140 g/mol. The Morgan fingerprint density at radius 1 is 1.50 bits per heavy atom. The maximum absolute atomic E-state index is 10.9. The van der Waals surface area contributed by atoms with Crippen LogP contribution in [0.2, 0.25) is 0 Å². The van der Waals surface area contributed by atoms with Crippen LogP contribution in [0.3, 0.4) is 0 Å². The first-order valence-corrected chi connectivity index (χ1v) is 3.52. The summed E-state index contributed by atoms with van der Waals surface area (Å²) in [5.41, 5.74) is 0.843. The minimum absolute atomic E-state index is 0.147. The summed E-state index contributed by atoms with van der Waals surface area (Å²) in [6.07, 6.45) is 1.97. The van der Waals surface area contributed by atoms with Crippen LogP contribution in [0.1, 0.15) is 13.8 Å². The van der Waals surface area contributed by atoms with Crippen LogP contribution < -0.4 is 0 Å². The molecule has 0 unspecified atom stereocenters. The summed E-state index contributed by atoms with van der Waals surface area (Å²) in [6.45, 7) is 4.90. The first kappa shape index (κ1) is 7.48. The Balaban J connectivity index is 2.62. The minimum atomic E-state index is 0.147. The molecule has 0 amide bonds. The van der Waals surface area contributed by atoms with Gasteiger partial charge in [-0.15, -0.1) is 0 Å². The Labute approximate surface area is 60.9 Å². The zero-order chi connectivity index (χ0) is 7.56. The highest BCUT2D eigenvalue weighted by atomic mass is 16.5. The highest BCUT2D eigenvalue weighted by Crippen LogP contribution is 2.09. The standard InChI is InChI=1S/C8H12O2/c1-6(2)3-7-4-10-5-8(7)9/h3,6H,4-5H2,1-2H3. The van der Waals surface area contributed by atoms with Crippen LogP contribution in [0.4, 0.5) is 0 Å². The summed E-state index contributed by atoms with van der Waals surface area (Å²) in [4.78, 5) is 10.9. The molecule has 1 rings (SSSR count). The molecule has 0 N–H and O–H groups in total. The largest absolute Gasteiger partial charge is 0.369 e. The zero-order valence-electron chi connectivity index (χ0n) is 6.39. The molecule has 0 bridgehead atoms. The number of carbonyl (C=O) groups excluding carboxylic acids is 1. The van der Waals surface area contributed by atoms with Gasteiger partial charge >= 0.3 is 0 Å². The van der Waals surface area contributed by atoms with E-state index < -0.39 is 0 Å². The molecule has 0 spiro atoms. The number of hydrogen-bond donors (Lipinski definition) is 0. The Kier molecular flexibility index (Phi) is 2.22. The molecule has 0 aromatic rings. The van der Waals surface area contributed by atoms with Crippen molar-refractivity contribution in [2.45, 2.75) is 13.8 Å². The maximum atomic E-state index is 10.9. The van der Waals surface area contributed by atoms with Gasteiger partial charge in [-0.1, -0.05) is 19.9 Å². The first-order chi connectivity index (χ1) is 4.70. The van der Waals surface area contributed by atoms with Gasteiger partial charge in [0.2, 0.25) is 0 Å². The van der Waals surface area contributed by atoms with E-state index in [0.29, 0.717) is 12.5 Å². The highest BCUT2D eigenvalue weighted by molar-refractivity contribution is 5.98. The smallest absolute Gasteiger partial charge is 0.186 e. The molecule has 0 aromatic heterocycles. The molecule has 2 heteroatoms. The van der Waals surface area contributed by atoms with Crippen molar-refractivity contribution in [1.29, 1.82) is 0 Å². The van der Waals surface area contributed by atoms with Crippen LogP contribution in [0.15, 0.2) is 11.6 Å². The Morgan fingerprint density at radius 2 is 2.20 bits per heavy atom. The molecule has 0 aromatic carbocycles. The van der Waals surface area contributed by atoms with Gasteiger partial charge in [0.05, 0.1) is 6.61 Å². The lowest BCUT2D eigenvalue weighted by atomic mass is 10.1. The second kappa shape index (κ2) is 2.97. The van der Waals surface area contributed by atoms with Crippen LogP contribution in [0, 0.1) is 5.92 Å². The fourth-order valence-corrected chi connectivity index (χ4v) is 0.970. The number of rotatable bonds is 1. The van der Waals surface area contributed by atoms with Crippen molar-refractivity contribution in [2.24, 2.45) is 5.92 Å². The van der Waals surface area contributed by atoms with E-state index in [9.17, 15) is 4.79 Å². The van der Waals surface area contributed by atoms with Gasteiger partial charge in [-0.25, -0.2) is 0 Å². The maximum Gasteiger partial charge on any atom is 0.186 e. The Morgan fingerprint density at radius 3 is 2.60 bits per heavy atom. The lowest BCUT2D eigenvalue weighted by molar-refractivity contribution is -0.115. The summed E-state index contributed by atoms with van der Waals surface area (Å²) in [5.74, 6) is 0.592. The number of ketones is 1. The lowest BCUT2D eigenvalue weighted by Gasteiger charge is -1.95. The van der Waals surface area contributed by atoms with Gasteiger partial charge in [-0.2, -0.15) is 0 Å². The average Bonchev–Trinajstić information content (AvgIpc) is 2.15. The quantitative estimate of drug-likeness (QED) is 0.511. The van der Waals surface area contributed by atoms with Crippen molar-refractivity contribution >= 4 is 5.78 Å². The second-order valence-electron chi connectivity index (χ2n) is 2.85. The molecule has 0 radical (unpaired) electrons.